The zero-order valence-corrected chi connectivity index (χ0v) is 26.4. The Morgan fingerprint density at radius 1 is 0.614 bits per heavy atom. The quantitative estimate of drug-likeness (QED) is 0.446. The van der Waals surface area contributed by atoms with E-state index in [4.69, 9.17) is 0 Å². The van der Waals surface area contributed by atoms with Gasteiger partial charge >= 0.3 is 0 Å². The van der Waals surface area contributed by atoms with E-state index in [9.17, 15) is 26.4 Å². The summed E-state index contributed by atoms with van der Waals surface area (Å²) in [5, 5.41) is 5.88. The van der Waals surface area contributed by atoms with Crippen molar-refractivity contribution in [1.29, 1.82) is 0 Å². The summed E-state index contributed by atoms with van der Waals surface area (Å²) in [4.78, 5) is 31.4. The van der Waals surface area contributed by atoms with E-state index in [0.29, 0.717) is 24.2 Å². The minimum Gasteiger partial charge on any atom is -0.350 e. The highest BCUT2D eigenvalue weighted by Crippen LogP contribution is 2.23. The molecule has 11 nitrogen and oxygen atoms in total. The molecule has 44 heavy (non-hydrogen) atoms. The topological polar surface area (TPSA) is 146 Å². The van der Waals surface area contributed by atoms with Gasteiger partial charge in [-0.2, -0.15) is 8.61 Å². The lowest BCUT2D eigenvalue weighted by Crippen LogP contribution is -2.56. The van der Waals surface area contributed by atoms with Crippen LogP contribution in [0.3, 0.4) is 0 Å². The number of rotatable bonds is 4. The van der Waals surface area contributed by atoms with Crippen LogP contribution in [0.2, 0.25) is 0 Å². The maximum absolute atomic E-state index is 13.8. The van der Waals surface area contributed by atoms with Crippen molar-refractivity contribution in [2.45, 2.75) is 74.5 Å². The van der Waals surface area contributed by atoms with Gasteiger partial charge in [0.1, 0.15) is 0 Å². The van der Waals surface area contributed by atoms with E-state index in [1.807, 2.05) is 13.8 Å². The summed E-state index contributed by atoms with van der Waals surface area (Å²) in [5.74, 6) is -0.997. The monoisotopic (exact) mass is 639 g/mol. The third-order valence-corrected chi connectivity index (χ3v) is 11.6. The van der Waals surface area contributed by atoms with Crippen LogP contribution in [0.5, 0.6) is 0 Å². The Morgan fingerprint density at radius 2 is 1.00 bits per heavy atom. The molecule has 1 fully saturated rings. The molecule has 2 atom stereocenters. The van der Waals surface area contributed by atoms with E-state index in [1.165, 1.54) is 24.3 Å². The first kappa shape index (κ1) is 31.8. The molecule has 1 aromatic heterocycles. The smallest absolute Gasteiger partial charge is 0.243 e. The third-order valence-electron chi connectivity index (χ3n) is 7.96. The van der Waals surface area contributed by atoms with Crippen molar-refractivity contribution in [2.75, 3.05) is 13.1 Å². The molecular weight excluding hydrogens is 603 g/mol. The minimum absolute atomic E-state index is 0.0446. The number of hydrogen-bond acceptors (Lipinski definition) is 7. The molecule has 1 aliphatic heterocycles. The van der Waals surface area contributed by atoms with Crippen LogP contribution in [0.1, 0.15) is 48.2 Å². The highest BCUT2D eigenvalue weighted by molar-refractivity contribution is 7.89. The minimum atomic E-state index is -4.11. The molecule has 2 amide bonds. The van der Waals surface area contributed by atoms with E-state index in [2.05, 4.69) is 15.6 Å². The third kappa shape index (κ3) is 7.34. The molecule has 3 aromatic rings. The van der Waals surface area contributed by atoms with E-state index >= 15 is 0 Å². The molecule has 2 aliphatic rings. The highest BCUT2D eigenvalue weighted by atomic mass is 32.2. The van der Waals surface area contributed by atoms with E-state index in [1.54, 1.807) is 42.5 Å². The lowest BCUT2D eigenvalue weighted by Gasteiger charge is -2.34. The van der Waals surface area contributed by atoms with E-state index in [0.717, 1.165) is 32.6 Å². The molecule has 1 saturated carbocycles. The zero-order chi connectivity index (χ0) is 31.5. The van der Waals surface area contributed by atoms with Crippen LogP contribution in [0.25, 0.3) is 0 Å². The van der Waals surface area contributed by atoms with Crippen molar-refractivity contribution in [1.82, 2.24) is 24.2 Å². The Bertz CT molecular complexity index is 1600. The number of aryl methyl sites for hydroxylation is 2. The van der Waals surface area contributed by atoms with Crippen molar-refractivity contribution in [3.8, 4) is 0 Å². The average Bonchev–Trinajstić information content (AvgIpc) is 2.98. The van der Waals surface area contributed by atoms with E-state index in [-0.39, 0.29) is 22.9 Å². The summed E-state index contributed by atoms with van der Waals surface area (Å²) < 4.78 is 57.3. The van der Waals surface area contributed by atoms with Crippen LogP contribution in [0, 0.1) is 13.8 Å². The number of nitrogens with zero attached hydrogens (tertiary/aromatic N) is 3. The molecule has 5 rings (SSSR count). The lowest BCUT2D eigenvalue weighted by molar-refractivity contribution is -0.125. The Morgan fingerprint density at radius 3 is 1.39 bits per heavy atom. The number of nitrogens with one attached hydrogen (secondary N) is 2. The van der Waals surface area contributed by atoms with Gasteiger partial charge in [0, 0.05) is 12.1 Å². The fourth-order valence-corrected chi connectivity index (χ4v) is 8.27. The molecule has 2 heterocycles. The first-order valence-corrected chi connectivity index (χ1v) is 17.5. The van der Waals surface area contributed by atoms with Crippen molar-refractivity contribution in [3.63, 3.8) is 0 Å². The van der Waals surface area contributed by atoms with E-state index < -0.39 is 57.0 Å². The largest absolute Gasteiger partial charge is 0.350 e. The van der Waals surface area contributed by atoms with Gasteiger partial charge in [-0.25, -0.2) is 16.8 Å². The van der Waals surface area contributed by atoms with Gasteiger partial charge in [-0.15, -0.1) is 0 Å². The Labute approximate surface area is 258 Å². The summed E-state index contributed by atoms with van der Waals surface area (Å²) in [6, 6.07) is 16.8. The Balaban J connectivity index is 1.55. The second-order valence-corrected chi connectivity index (χ2v) is 15.3. The molecule has 0 spiro atoms. The van der Waals surface area contributed by atoms with Gasteiger partial charge in [-0.3, -0.25) is 14.6 Å². The van der Waals surface area contributed by atoms with Crippen LogP contribution in [-0.4, -0.2) is 67.4 Å². The van der Waals surface area contributed by atoms with Crippen LogP contribution < -0.4 is 10.6 Å². The molecule has 2 aromatic carbocycles. The summed E-state index contributed by atoms with van der Waals surface area (Å²) in [5.41, 5.74) is 2.44. The number of carbonyl (C=O) groups is 2. The predicted molar refractivity (Wildman–Crippen MR) is 164 cm³/mol. The molecule has 2 unspecified atom stereocenters. The highest BCUT2D eigenvalue weighted by Gasteiger charge is 2.34. The normalized spacial score (nSPS) is 21.3. The molecule has 234 valence electrons. The molecule has 13 heteroatoms. The van der Waals surface area contributed by atoms with Gasteiger partial charge in [-0.1, -0.05) is 54.3 Å². The molecular formula is C31H37N5O6S2. The number of carbonyl (C=O) groups excluding carboxylic acids is 2. The summed E-state index contributed by atoms with van der Waals surface area (Å²) in [6.45, 7) is 2.37. The molecule has 0 radical (unpaired) electrons. The average molecular weight is 640 g/mol. The second-order valence-electron chi connectivity index (χ2n) is 11.4. The van der Waals surface area contributed by atoms with Gasteiger partial charge in [0.05, 0.1) is 47.4 Å². The van der Waals surface area contributed by atoms with Gasteiger partial charge in [0.2, 0.25) is 31.9 Å². The van der Waals surface area contributed by atoms with Gasteiger partial charge in [-0.05, 0) is 63.1 Å². The lowest BCUT2D eigenvalue weighted by atomic mass is 9.90. The first-order valence-electron chi connectivity index (χ1n) is 14.6. The summed E-state index contributed by atoms with van der Waals surface area (Å²) in [7, 11) is -8.22. The van der Waals surface area contributed by atoms with Crippen LogP contribution in [0.15, 0.2) is 76.5 Å². The number of hydrogen-bond donors (Lipinski definition) is 2. The molecule has 0 saturated heterocycles. The predicted octanol–water partition coefficient (Wildman–Crippen LogP) is 2.64. The number of pyridine rings is 1. The number of aromatic nitrogens is 1. The van der Waals surface area contributed by atoms with Crippen molar-refractivity contribution >= 4 is 31.9 Å². The Hall–Kier alpha value is -3.65. The number of amides is 2. The molecule has 2 N–H and O–H groups in total. The second kappa shape index (κ2) is 13.1. The SMILES string of the molecule is Cc1ccc(S(=O)(=O)N2CC(=O)NC3CCCCC3NC(=O)CN(S(=O)(=O)c3ccc(C)cc3)Cc3cccc(n3)C2)cc1. The first-order chi connectivity index (χ1) is 20.9. The zero-order valence-electron chi connectivity index (χ0n) is 24.8. The summed E-state index contributed by atoms with van der Waals surface area (Å²) in [6.07, 6.45) is 2.84. The number of sulfonamides is 2. The molecule has 1 aliphatic carbocycles. The molecule has 2 bridgehead atoms. The van der Waals surface area contributed by atoms with Crippen molar-refractivity contribution in [2.24, 2.45) is 0 Å². The maximum atomic E-state index is 13.8. The standard InChI is InChI=1S/C31H37N5O6S2/c1-22-10-14-26(15-11-22)43(39,40)35-18-24-6-5-7-25(32-24)19-36(44(41,42)27-16-12-23(2)13-17-27)21-31(38)34-29-9-4-3-8-28(29)33-30(37)20-35/h5-7,10-17,28-29H,3-4,8-9,18-21H2,1-2H3,(H,33,37)(H,34,38). The summed E-state index contributed by atoms with van der Waals surface area (Å²) >= 11 is 0. The number of fused-ring (bicyclic) bond motifs is 3. The Kier molecular flexibility index (Phi) is 9.49. The van der Waals surface area contributed by atoms with Crippen LogP contribution in [-0.2, 0) is 42.7 Å². The fourth-order valence-electron chi connectivity index (χ4n) is 5.54. The maximum Gasteiger partial charge on any atom is 0.243 e. The van der Waals surface area contributed by atoms with Gasteiger partial charge in [0.15, 0.2) is 0 Å². The fraction of sp³-hybridized carbons (Fsp3) is 0.387. The number of benzene rings is 2. The van der Waals surface area contributed by atoms with Crippen molar-refractivity contribution in [3.05, 3.63) is 89.2 Å². The van der Waals surface area contributed by atoms with Gasteiger partial charge < -0.3 is 10.6 Å². The van der Waals surface area contributed by atoms with Crippen LogP contribution in [0.4, 0.5) is 0 Å². The van der Waals surface area contributed by atoms with Crippen LogP contribution >= 0.6 is 0 Å². The van der Waals surface area contributed by atoms with Gasteiger partial charge in [0.25, 0.3) is 0 Å². The van der Waals surface area contributed by atoms with Crippen molar-refractivity contribution < 1.29 is 26.4 Å².